The smallest absolute Gasteiger partial charge is 0.309 e. The highest BCUT2D eigenvalue weighted by Gasteiger charge is 2.18. The van der Waals surface area contributed by atoms with E-state index in [2.05, 4.69) is 15.9 Å². The number of ether oxygens (including phenoxy) is 5. The number of carbonyl (C=O) groups excluding carboxylic acids is 5. The average Bonchev–Trinajstić information content (AvgIpc) is 3.07. The van der Waals surface area contributed by atoms with E-state index in [9.17, 15) is 28.8 Å². The molecule has 0 saturated carbocycles. The zero-order valence-corrected chi connectivity index (χ0v) is 30.6. The number of alkyl halides is 3. The Labute approximate surface area is 304 Å². The van der Waals surface area contributed by atoms with Crippen LogP contribution < -0.4 is 0 Å². The Kier molecular flexibility index (Phi) is 27.1. The summed E-state index contributed by atoms with van der Waals surface area (Å²) < 4.78 is 24.6. The first-order valence-corrected chi connectivity index (χ1v) is 17.3. The van der Waals surface area contributed by atoms with E-state index in [0.29, 0.717) is 24.6 Å². The molecule has 15 heteroatoms. The van der Waals surface area contributed by atoms with E-state index in [1.54, 1.807) is 0 Å². The predicted octanol–water partition coefficient (Wildman–Crippen LogP) is 6.85. The second-order valence-corrected chi connectivity index (χ2v) is 11.7. The minimum absolute atomic E-state index is 0.0812. The predicted molar refractivity (Wildman–Crippen MR) is 185 cm³/mol. The third kappa shape index (κ3) is 29.0. The summed E-state index contributed by atoms with van der Waals surface area (Å²) in [6.07, 6.45) is 0.970. The molecular weight excluding hydrogens is 751 g/mol. The van der Waals surface area contributed by atoms with Gasteiger partial charge >= 0.3 is 35.8 Å². The Balaban J connectivity index is 0.000000783. The molecule has 0 bridgehead atoms. The highest BCUT2D eigenvalue weighted by Crippen LogP contribution is 2.11. The first-order chi connectivity index (χ1) is 23.4. The second kappa shape index (κ2) is 29.3. The van der Waals surface area contributed by atoms with E-state index in [1.165, 1.54) is 13.8 Å². The molecule has 0 aromatic heterocycles. The minimum atomic E-state index is -0.994. The SMILES string of the molecule is CC(=O)OC(Br)CCCCl.CC(=O)OC(CCCCl)OC(=O)CCC(=O)OCc1ccccc1.O=C(O)CCC(=O)OCc1ccccc1. The molecule has 1 N–H and O–H groups in total. The molecule has 0 aliphatic heterocycles. The van der Waals surface area contributed by atoms with Crippen molar-refractivity contribution in [3.63, 3.8) is 0 Å². The van der Waals surface area contributed by atoms with Gasteiger partial charge < -0.3 is 28.8 Å². The lowest BCUT2D eigenvalue weighted by atomic mass is 10.2. The fraction of sp³-hybridized carbons (Fsp3) is 0.471. The van der Waals surface area contributed by atoms with Crippen molar-refractivity contribution in [2.75, 3.05) is 11.8 Å². The van der Waals surface area contributed by atoms with E-state index < -0.39 is 36.1 Å². The molecule has 0 saturated heterocycles. The number of esters is 5. The van der Waals surface area contributed by atoms with E-state index in [-0.39, 0.29) is 49.9 Å². The number of rotatable bonds is 19. The van der Waals surface area contributed by atoms with Gasteiger partial charge in [0.15, 0.2) is 5.01 Å². The van der Waals surface area contributed by atoms with E-state index in [4.69, 9.17) is 52.0 Å². The molecule has 0 amide bonds. The first kappa shape index (κ1) is 45.3. The maximum atomic E-state index is 11.7. The van der Waals surface area contributed by atoms with Gasteiger partial charge in [0.05, 0.1) is 25.7 Å². The number of hydrogen-bond donors (Lipinski definition) is 1. The van der Waals surface area contributed by atoms with Crippen molar-refractivity contribution in [1.82, 2.24) is 0 Å². The van der Waals surface area contributed by atoms with Crippen LogP contribution in [0.4, 0.5) is 0 Å². The normalized spacial score (nSPS) is 11.1. The van der Waals surface area contributed by atoms with Gasteiger partial charge in [0, 0.05) is 32.0 Å². The van der Waals surface area contributed by atoms with E-state index in [0.717, 1.165) is 24.0 Å². The lowest BCUT2D eigenvalue weighted by molar-refractivity contribution is -0.188. The molecule has 12 nitrogen and oxygen atoms in total. The zero-order chi connectivity index (χ0) is 36.9. The number of carboxylic acids is 1. The molecule has 0 aliphatic rings. The van der Waals surface area contributed by atoms with Crippen molar-refractivity contribution in [3.8, 4) is 0 Å². The third-order valence-electron chi connectivity index (χ3n) is 5.55. The Morgan fingerprint density at radius 3 is 1.49 bits per heavy atom. The van der Waals surface area contributed by atoms with Crippen LogP contribution in [0.15, 0.2) is 60.7 Å². The molecule has 0 fully saturated rings. The van der Waals surface area contributed by atoms with Crippen molar-refractivity contribution in [2.24, 2.45) is 0 Å². The maximum absolute atomic E-state index is 11.7. The summed E-state index contributed by atoms with van der Waals surface area (Å²) in [6.45, 7) is 2.96. The topological polar surface area (TPSA) is 169 Å². The number of hydrogen-bond acceptors (Lipinski definition) is 11. The second-order valence-electron chi connectivity index (χ2n) is 9.90. The number of carbonyl (C=O) groups is 6. The van der Waals surface area contributed by atoms with Crippen LogP contribution in [-0.4, -0.2) is 64.0 Å². The van der Waals surface area contributed by atoms with Crippen LogP contribution >= 0.6 is 39.1 Å². The van der Waals surface area contributed by atoms with Crippen molar-refractivity contribution in [2.45, 2.75) is 89.7 Å². The molecule has 0 aliphatic carbocycles. The van der Waals surface area contributed by atoms with Crippen LogP contribution in [-0.2, 0) is 65.7 Å². The van der Waals surface area contributed by atoms with Gasteiger partial charge in [-0.05, 0) is 46.3 Å². The summed E-state index contributed by atoms with van der Waals surface area (Å²) in [7, 11) is 0. The van der Waals surface area contributed by atoms with Gasteiger partial charge in [0.1, 0.15) is 13.2 Å². The largest absolute Gasteiger partial charge is 0.481 e. The Morgan fingerprint density at radius 1 is 0.633 bits per heavy atom. The summed E-state index contributed by atoms with van der Waals surface area (Å²) in [5.41, 5.74) is 1.76. The van der Waals surface area contributed by atoms with Crippen molar-refractivity contribution in [1.29, 1.82) is 0 Å². The van der Waals surface area contributed by atoms with Crippen LogP contribution in [0.3, 0.4) is 0 Å². The number of benzene rings is 2. The molecular formula is C34H43BrCl2O12. The van der Waals surface area contributed by atoms with Crippen LogP contribution in [0.2, 0.25) is 0 Å². The van der Waals surface area contributed by atoms with Crippen LogP contribution in [0, 0.1) is 0 Å². The van der Waals surface area contributed by atoms with E-state index >= 15 is 0 Å². The maximum Gasteiger partial charge on any atom is 0.309 e. The van der Waals surface area contributed by atoms with Crippen molar-refractivity contribution in [3.05, 3.63) is 71.8 Å². The van der Waals surface area contributed by atoms with Crippen molar-refractivity contribution >= 4 is 74.9 Å². The molecule has 2 aromatic rings. The van der Waals surface area contributed by atoms with Crippen LogP contribution in [0.25, 0.3) is 0 Å². The molecule has 2 atom stereocenters. The third-order valence-corrected chi connectivity index (χ3v) is 6.73. The fourth-order valence-corrected chi connectivity index (χ4v) is 4.18. The Bertz CT molecular complexity index is 1250. The Hall–Kier alpha value is -3.68. The average molecular weight is 795 g/mol. The molecule has 0 heterocycles. The van der Waals surface area contributed by atoms with Gasteiger partial charge in [-0.3, -0.25) is 28.8 Å². The lowest BCUT2D eigenvalue weighted by Gasteiger charge is -2.16. The highest BCUT2D eigenvalue weighted by molar-refractivity contribution is 9.09. The van der Waals surface area contributed by atoms with Gasteiger partial charge in [-0.25, -0.2) is 0 Å². The Morgan fingerprint density at radius 2 is 1.06 bits per heavy atom. The molecule has 0 spiro atoms. The number of halogens is 3. The van der Waals surface area contributed by atoms with Gasteiger partial charge in [-0.15, -0.1) is 23.2 Å². The molecule has 272 valence electrons. The van der Waals surface area contributed by atoms with Gasteiger partial charge in [-0.2, -0.15) is 0 Å². The summed E-state index contributed by atoms with van der Waals surface area (Å²) in [6, 6.07) is 18.5. The fourth-order valence-electron chi connectivity index (χ4n) is 3.29. The number of aliphatic carboxylic acids is 1. The summed E-state index contributed by atoms with van der Waals surface area (Å²) in [5.74, 6) is -2.47. The van der Waals surface area contributed by atoms with Crippen LogP contribution in [0.1, 0.15) is 76.3 Å². The standard InChI is InChI=1S/C17H21ClO6.C11H12O4.C6H10BrClO2/c1-13(19)23-17(8-5-11-18)24-16(21)10-9-15(20)22-12-14-6-3-2-4-7-14;12-10(13)6-7-11(14)15-8-9-4-2-1-3-5-9;1-5(9)10-6(7)3-2-4-8/h2-4,6-7,17H,5,8-12H2,1H3;1-5H,6-8H2,(H,12,13);6H,2-4H2,1H3. The van der Waals surface area contributed by atoms with Crippen molar-refractivity contribution < 1.29 is 57.6 Å². The van der Waals surface area contributed by atoms with Gasteiger partial charge in [0.25, 0.3) is 0 Å². The van der Waals surface area contributed by atoms with Gasteiger partial charge in [-0.1, -0.05) is 60.7 Å². The summed E-state index contributed by atoms with van der Waals surface area (Å²) >= 11 is 14.2. The summed E-state index contributed by atoms with van der Waals surface area (Å²) in [4.78, 5) is 65.8. The molecule has 2 rings (SSSR count). The minimum Gasteiger partial charge on any atom is -0.481 e. The van der Waals surface area contributed by atoms with Crippen LogP contribution in [0.5, 0.6) is 0 Å². The zero-order valence-electron chi connectivity index (χ0n) is 27.5. The first-order valence-electron chi connectivity index (χ1n) is 15.3. The summed E-state index contributed by atoms with van der Waals surface area (Å²) in [5, 5.41) is 8.16. The highest BCUT2D eigenvalue weighted by atomic mass is 79.9. The number of carboxylic acid groups (broad SMARTS) is 1. The molecule has 2 aromatic carbocycles. The van der Waals surface area contributed by atoms with Gasteiger partial charge in [0.2, 0.25) is 6.29 Å². The molecule has 0 radical (unpaired) electrons. The van der Waals surface area contributed by atoms with E-state index in [1.807, 2.05) is 60.7 Å². The molecule has 49 heavy (non-hydrogen) atoms. The monoisotopic (exact) mass is 792 g/mol. The quantitative estimate of drug-likeness (QED) is 0.0681. The lowest BCUT2D eigenvalue weighted by Crippen LogP contribution is -2.24. The molecule has 2 unspecified atom stereocenters.